The van der Waals surface area contributed by atoms with Crippen molar-refractivity contribution in [3.8, 4) is 0 Å². The highest BCUT2D eigenvalue weighted by atomic mass is 16.1. The van der Waals surface area contributed by atoms with Crippen LogP contribution in [-0.2, 0) is 0 Å². The van der Waals surface area contributed by atoms with E-state index in [4.69, 9.17) is 0 Å². The molecular weight excluding hydrogens is 168 g/mol. The van der Waals surface area contributed by atoms with Gasteiger partial charge in [0, 0.05) is 6.20 Å². The predicted molar refractivity (Wildman–Crippen MR) is 49.2 cm³/mol. The fourth-order valence-electron chi connectivity index (χ4n) is 1.13. The number of nitrogens with one attached hydrogen (secondary N) is 1. The lowest BCUT2D eigenvalue weighted by Gasteiger charge is -1.91. The second-order valence-corrected chi connectivity index (χ2v) is 2.54. The second-order valence-electron chi connectivity index (χ2n) is 2.54. The molecule has 2 heterocycles. The zero-order valence-corrected chi connectivity index (χ0v) is 7.06. The topological polar surface area (TPSA) is 63.6 Å². The number of rotatable bonds is 1. The first-order valence-corrected chi connectivity index (χ1v) is 3.86. The average molecular weight is 176 g/mol. The van der Waals surface area contributed by atoms with Gasteiger partial charge >= 0.3 is 0 Å². The summed E-state index contributed by atoms with van der Waals surface area (Å²) < 4.78 is 1.70. The lowest BCUT2D eigenvalue weighted by Crippen LogP contribution is -2.06. The van der Waals surface area contributed by atoms with Crippen molar-refractivity contribution in [3.63, 3.8) is 0 Å². The molecule has 5 nitrogen and oxygen atoms in total. The van der Waals surface area contributed by atoms with E-state index in [2.05, 4.69) is 15.0 Å². The molecule has 0 amide bonds. The Morgan fingerprint density at radius 2 is 2.38 bits per heavy atom. The number of nitrogens with zero attached hydrogens (tertiary/aromatic N) is 3. The van der Waals surface area contributed by atoms with Gasteiger partial charge in [-0.1, -0.05) is 6.08 Å². The van der Waals surface area contributed by atoms with Gasteiger partial charge in [-0.05, 0) is 6.92 Å². The van der Waals surface area contributed by atoms with E-state index in [9.17, 15) is 4.79 Å². The van der Waals surface area contributed by atoms with Crippen LogP contribution in [0.2, 0.25) is 0 Å². The number of fused-ring (bicyclic) bond motifs is 1. The third-order valence-corrected chi connectivity index (χ3v) is 1.67. The number of imidazole rings is 1. The minimum Gasteiger partial charge on any atom is -0.311 e. The molecule has 2 aromatic rings. The number of aromatic amines is 1. The van der Waals surface area contributed by atoms with Crippen LogP contribution in [0.4, 0.5) is 0 Å². The maximum absolute atomic E-state index is 11.2. The van der Waals surface area contributed by atoms with Gasteiger partial charge < -0.3 is 4.98 Å². The van der Waals surface area contributed by atoms with Crippen molar-refractivity contribution in [2.45, 2.75) is 6.92 Å². The zero-order chi connectivity index (χ0) is 9.26. The number of hydrogen-bond donors (Lipinski definition) is 1. The Morgan fingerprint density at radius 3 is 3.15 bits per heavy atom. The van der Waals surface area contributed by atoms with Crippen molar-refractivity contribution in [2.75, 3.05) is 0 Å². The van der Waals surface area contributed by atoms with Crippen LogP contribution in [-0.4, -0.2) is 19.5 Å². The van der Waals surface area contributed by atoms with Crippen LogP contribution < -0.4 is 5.56 Å². The van der Waals surface area contributed by atoms with Crippen LogP contribution >= 0.6 is 0 Å². The number of aromatic nitrogens is 4. The van der Waals surface area contributed by atoms with E-state index in [1.165, 1.54) is 6.33 Å². The molecule has 0 saturated carbocycles. The van der Waals surface area contributed by atoms with E-state index in [0.29, 0.717) is 11.2 Å². The summed E-state index contributed by atoms with van der Waals surface area (Å²) in [6, 6.07) is 0. The summed E-state index contributed by atoms with van der Waals surface area (Å²) in [6.45, 7) is 1.89. The standard InChI is InChI=1S/C8H8N4O/c1-2-3-12-5-11-6-7(12)9-4-10-8(6)13/h2-5H,1H3,(H,9,10,13)/b3-2+. The van der Waals surface area contributed by atoms with Gasteiger partial charge in [0.1, 0.15) is 6.33 Å². The summed E-state index contributed by atoms with van der Waals surface area (Å²) in [7, 11) is 0. The van der Waals surface area contributed by atoms with Gasteiger partial charge in [-0.15, -0.1) is 0 Å². The lowest BCUT2D eigenvalue weighted by atomic mass is 10.5. The van der Waals surface area contributed by atoms with E-state index < -0.39 is 0 Å². The van der Waals surface area contributed by atoms with Crippen LogP contribution in [0.3, 0.4) is 0 Å². The Hall–Kier alpha value is -1.91. The van der Waals surface area contributed by atoms with Gasteiger partial charge in [0.2, 0.25) is 0 Å². The van der Waals surface area contributed by atoms with Gasteiger partial charge in [0.25, 0.3) is 5.56 Å². The second kappa shape index (κ2) is 2.85. The van der Waals surface area contributed by atoms with Gasteiger partial charge in [-0.2, -0.15) is 0 Å². The first kappa shape index (κ1) is 7.72. The first-order valence-electron chi connectivity index (χ1n) is 3.86. The Bertz CT molecular complexity index is 508. The highest BCUT2D eigenvalue weighted by molar-refractivity contribution is 5.71. The molecule has 0 radical (unpaired) electrons. The third-order valence-electron chi connectivity index (χ3n) is 1.67. The molecule has 0 spiro atoms. The summed E-state index contributed by atoms with van der Waals surface area (Å²) >= 11 is 0. The van der Waals surface area contributed by atoms with Gasteiger partial charge in [-0.3, -0.25) is 9.36 Å². The van der Waals surface area contributed by atoms with E-state index in [1.807, 2.05) is 13.0 Å². The van der Waals surface area contributed by atoms with Crippen LogP contribution in [0.1, 0.15) is 6.92 Å². The van der Waals surface area contributed by atoms with Crippen molar-refractivity contribution >= 4 is 17.4 Å². The molecule has 0 aromatic carbocycles. The summed E-state index contributed by atoms with van der Waals surface area (Å²) in [5.41, 5.74) is 0.718. The normalized spacial score (nSPS) is 11.5. The highest BCUT2D eigenvalue weighted by Gasteiger charge is 2.03. The van der Waals surface area contributed by atoms with Gasteiger partial charge in [-0.25, -0.2) is 9.97 Å². The van der Waals surface area contributed by atoms with Crippen LogP contribution in [0, 0.1) is 0 Å². The summed E-state index contributed by atoms with van der Waals surface area (Å²) in [5, 5.41) is 0. The molecule has 0 bridgehead atoms. The van der Waals surface area contributed by atoms with Crippen molar-refractivity contribution in [1.29, 1.82) is 0 Å². The molecular formula is C8H8N4O. The number of hydrogen-bond acceptors (Lipinski definition) is 3. The molecule has 0 unspecified atom stereocenters. The maximum Gasteiger partial charge on any atom is 0.278 e. The van der Waals surface area contributed by atoms with Crippen molar-refractivity contribution in [3.05, 3.63) is 29.1 Å². The fraction of sp³-hybridized carbons (Fsp3) is 0.125. The predicted octanol–water partition coefficient (Wildman–Crippen LogP) is 0.610. The quantitative estimate of drug-likeness (QED) is 0.692. The van der Waals surface area contributed by atoms with E-state index in [-0.39, 0.29) is 5.56 Å². The molecule has 0 aliphatic heterocycles. The summed E-state index contributed by atoms with van der Waals surface area (Å²) in [4.78, 5) is 21.6. The Kier molecular flexibility index (Phi) is 1.70. The van der Waals surface area contributed by atoms with Crippen LogP contribution in [0.5, 0.6) is 0 Å². The van der Waals surface area contributed by atoms with E-state index >= 15 is 0 Å². The molecule has 2 aromatic heterocycles. The van der Waals surface area contributed by atoms with Gasteiger partial charge in [0.05, 0.1) is 6.33 Å². The van der Waals surface area contributed by atoms with Crippen molar-refractivity contribution in [2.24, 2.45) is 0 Å². The molecule has 0 aliphatic carbocycles. The maximum atomic E-state index is 11.2. The third kappa shape index (κ3) is 1.14. The minimum absolute atomic E-state index is 0.215. The molecule has 0 atom stereocenters. The smallest absolute Gasteiger partial charge is 0.278 e. The fourth-order valence-corrected chi connectivity index (χ4v) is 1.13. The summed E-state index contributed by atoms with van der Waals surface area (Å²) in [6.07, 6.45) is 6.57. The largest absolute Gasteiger partial charge is 0.311 e. The molecule has 0 fully saturated rings. The monoisotopic (exact) mass is 176 g/mol. The molecule has 0 aliphatic rings. The molecule has 2 rings (SSSR count). The molecule has 0 saturated heterocycles. The molecule has 5 heteroatoms. The number of allylic oxidation sites excluding steroid dienone is 1. The van der Waals surface area contributed by atoms with Crippen LogP contribution in [0.15, 0.2) is 23.5 Å². The highest BCUT2D eigenvalue weighted by Crippen LogP contribution is 2.03. The Morgan fingerprint density at radius 1 is 1.54 bits per heavy atom. The minimum atomic E-state index is -0.215. The van der Waals surface area contributed by atoms with Crippen molar-refractivity contribution < 1.29 is 0 Å². The number of H-pyrrole nitrogens is 1. The Balaban J connectivity index is 2.82. The van der Waals surface area contributed by atoms with E-state index in [0.717, 1.165) is 0 Å². The lowest BCUT2D eigenvalue weighted by molar-refractivity contribution is 1.11. The molecule has 13 heavy (non-hydrogen) atoms. The van der Waals surface area contributed by atoms with E-state index in [1.54, 1.807) is 17.1 Å². The molecule has 66 valence electrons. The first-order chi connectivity index (χ1) is 6.33. The van der Waals surface area contributed by atoms with Gasteiger partial charge in [0.15, 0.2) is 11.2 Å². The zero-order valence-electron chi connectivity index (χ0n) is 7.06. The van der Waals surface area contributed by atoms with Crippen molar-refractivity contribution in [1.82, 2.24) is 19.5 Å². The van der Waals surface area contributed by atoms with Crippen LogP contribution in [0.25, 0.3) is 17.4 Å². The SMILES string of the molecule is C/C=C/n1cnc2c(=O)[nH]cnc21. The molecule has 1 N–H and O–H groups in total. The Labute approximate surface area is 73.8 Å². The summed E-state index contributed by atoms with van der Waals surface area (Å²) in [5.74, 6) is 0. The average Bonchev–Trinajstić information content (AvgIpc) is 2.51.